The van der Waals surface area contributed by atoms with Crippen molar-refractivity contribution in [2.45, 2.75) is 0 Å². The average Bonchev–Trinajstić information content (AvgIpc) is 2.41. The van der Waals surface area contributed by atoms with Gasteiger partial charge in [-0.15, -0.1) is 0 Å². The van der Waals surface area contributed by atoms with Crippen molar-refractivity contribution in [2.75, 3.05) is 6.61 Å². The van der Waals surface area contributed by atoms with Gasteiger partial charge >= 0.3 is 0 Å². The summed E-state index contributed by atoms with van der Waals surface area (Å²) < 4.78 is 0. The lowest BCUT2D eigenvalue weighted by molar-refractivity contribution is 0.168. The predicted molar refractivity (Wildman–Crippen MR) is 68.8 cm³/mol. The molecule has 3 heteroatoms. The van der Waals surface area contributed by atoms with Gasteiger partial charge in [0.1, 0.15) is 0 Å². The third-order valence-electron chi connectivity index (χ3n) is 2.37. The summed E-state index contributed by atoms with van der Waals surface area (Å²) in [6.45, 7) is 0.419. The smallest absolute Gasteiger partial charge is 0.0864 e. The Balaban J connectivity index is 2.13. The third kappa shape index (κ3) is 3.24. The second kappa shape index (κ2) is 5.94. The summed E-state index contributed by atoms with van der Waals surface area (Å²) in [7, 11) is 0. The Kier molecular flexibility index (Phi) is 4.02. The van der Waals surface area contributed by atoms with Gasteiger partial charge in [-0.3, -0.25) is 4.98 Å². The highest BCUT2D eigenvalue weighted by atomic mass is 16.6. The molecule has 0 radical (unpaired) electrons. The fraction of sp³-hybridized carbons (Fsp3) is 0.0714. The van der Waals surface area contributed by atoms with Crippen LogP contribution in [0.5, 0.6) is 0 Å². The van der Waals surface area contributed by atoms with Crippen LogP contribution in [-0.2, 0) is 4.84 Å². The molecule has 0 saturated heterocycles. The van der Waals surface area contributed by atoms with Crippen LogP contribution in [0, 0.1) is 0 Å². The fourth-order valence-corrected chi connectivity index (χ4v) is 1.54. The molecule has 0 bridgehead atoms. The first-order valence-electron chi connectivity index (χ1n) is 5.40. The van der Waals surface area contributed by atoms with Gasteiger partial charge in [-0.2, -0.15) is 0 Å². The van der Waals surface area contributed by atoms with Crippen LogP contribution >= 0.6 is 0 Å². The molecule has 0 amide bonds. The quantitative estimate of drug-likeness (QED) is 0.815. The van der Waals surface area contributed by atoms with Gasteiger partial charge in [0.05, 0.1) is 12.3 Å². The largest absolute Gasteiger partial charge is 0.300 e. The number of nitrogens with zero attached hydrogens (tertiary/aromatic N) is 1. The van der Waals surface area contributed by atoms with Crippen molar-refractivity contribution in [1.82, 2.24) is 4.98 Å². The molecule has 3 nitrogen and oxygen atoms in total. The predicted octanol–water partition coefficient (Wildman–Crippen LogP) is 2.65. The minimum absolute atomic E-state index is 0.419. The molecule has 2 rings (SSSR count). The maximum atomic E-state index is 4.93. The summed E-state index contributed by atoms with van der Waals surface area (Å²) in [5, 5.41) is 0. The summed E-state index contributed by atoms with van der Waals surface area (Å²) in [5.74, 6) is 4.93. The van der Waals surface area contributed by atoms with Crippen molar-refractivity contribution in [3.8, 4) is 11.3 Å². The van der Waals surface area contributed by atoms with Crippen molar-refractivity contribution < 1.29 is 4.84 Å². The van der Waals surface area contributed by atoms with Crippen LogP contribution in [0.2, 0.25) is 0 Å². The summed E-state index contributed by atoms with van der Waals surface area (Å²) in [6, 6.07) is 14.1. The van der Waals surface area contributed by atoms with Crippen molar-refractivity contribution in [3.05, 3.63) is 60.3 Å². The Labute approximate surface area is 101 Å². The van der Waals surface area contributed by atoms with Crippen LogP contribution < -0.4 is 5.90 Å². The van der Waals surface area contributed by atoms with E-state index >= 15 is 0 Å². The van der Waals surface area contributed by atoms with Gasteiger partial charge in [-0.25, -0.2) is 5.90 Å². The average molecular weight is 226 g/mol. The molecule has 0 aliphatic heterocycles. The molecule has 0 saturated carbocycles. The minimum Gasteiger partial charge on any atom is -0.300 e. The normalized spacial score (nSPS) is 10.9. The Morgan fingerprint density at radius 2 is 1.94 bits per heavy atom. The minimum atomic E-state index is 0.419. The van der Waals surface area contributed by atoms with Gasteiger partial charge in [0.25, 0.3) is 0 Å². The Morgan fingerprint density at radius 1 is 1.12 bits per heavy atom. The molecule has 0 fully saturated rings. The number of hydrogen-bond acceptors (Lipinski definition) is 3. The lowest BCUT2D eigenvalue weighted by atomic mass is 10.1. The monoisotopic (exact) mass is 226 g/mol. The highest BCUT2D eigenvalue weighted by Gasteiger charge is 1.96. The number of rotatable bonds is 4. The van der Waals surface area contributed by atoms with Crippen LogP contribution in [0.4, 0.5) is 0 Å². The standard InChI is InChI=1S/C14H14N2O/c15-17-11-3-4-12-6-8-13(9-7-12)14-5-1-2-10-16-14/h1-10H,11,15H2/b4-3+. The first-order chi connectivity index (χ1) is 8.40. The molecule has 0 unspecified atom stereocenters. The highest BCUT2D eigenvalue weighted by molar-refractivity contribution is 5.62. The molecule has 2 aromatic rings. The number of hydrogen-bond donors (Lipinski definition) is 1. The van der Waals surface area contributed by atoms with Gasteiger partial charge in [0.2, 0.25) is 0 Å². The Morgan fingerprint density at radius 3 is 2.59 bits per heavy atom. The number of aromatic nitrogens is 1. The molecular weight excluding hydrogens is 212 g/mol. The van der Waals surface area contributed by atoms with E-state index in [-0.39, 0.29) is 0 Å². The topological polar surface area (TPSA) is 48.1 Å². The maximum absolute atomic E-state index is 4.93. The Bertz CT molecular complexity index is 477. The first-order valence-corrected chi connectivity index (χ1v) is 5.40. The van der Waals surface area contributed by atoms with E-state index in [0.29, 0.717) is 6.61 Å². The van der Waals surface area contributed by atoms with Gasteiger partial charge in [-0.1, -0.05) is 42.5 Å². The summed E-state index contributed by atoms with van der Waals surface area (Å²) in [6.07, 6.45) is 5.63. The third-order valence-corrected chi connectivity index (χ3v) is 2.37. The molecule has 1 heterocycles. The van der Waals surface area contributed by atoms with Gasteiger partial charge in [-0.05, 0) is 17.7 Å². The van der Waals surface area contributed by atoms with Crippen LogP contribution in [0.3, 0.4) is 0 Å². The van der Waals surface area contributed by atoms with Crippen molar-refractivity contribution in [2.24, 2.45) is 5.90 Å². The Hall–Kier alpha value is -1.97. The van der Waals surface area contributed by atoms with Crippen LogP contribution in [-0.4, -0.2) is 11.6 Å². The van der Waals surface area contributed by atoms with E-state index in [1.54, 1.807) is 6.20 Å². The van der Waals surface area contributed by atoms with E-state index in [1.807, 2.05) is 54.6 Å². The summed E-state index contributed by atoms with van der Waals surface area (Å²) in [4.78, 5) is 8.76. The molecule has 0 spiro atoms. The summed E-state index contributed by atoms with van der Waals surface area (Å²) >= 11 is 0. The van der Waals surface area contributed by atoms with Crippen molar-refractivity contribution in [3.63, 3.8) is 0 Å². The molecule has 0 atom stereocenters. The van der Waals surface area contributed by atoms with Gasteiger partial charge in [0, 0.05) is 11.8 Å². The second-order valence-corrected chi connectivity index (χ2v) is 3.57. The highest BCUT2D eigenvalue weighted by Crippen LogP contribution is 2.17. The molecule has 2 N–H and O–H groups in total. The fourth-order valence-electron chi connectivity index (χ4n) is 1.54. The molecule has 0 aliphatic rings. The molecule has 86 valence electrons. The molecule has 0 aliphatic carbocycles. The van der Waals surface area contributed by atoms with Crippen LogP contribution in [0.15, 0.2) is 54.7 Å². The lowest BCUT2D eigenvalue weighted by Crippen LogP contribution is -1.96. The van der Waals surface area contributed by atoms with Crippen molar-refractivity contribution in [1.29, 1.82) is 0 Å². The molecule has 1 aromatic heterocycles. The van der Waals surface area contributed by atoms with E-state index in [2.05, 4.69) is 9.82 Å². The van der Waals surface area contributed by atoms with E-state index in [1.165, 1.54) is 0 Å². The van der Waals surface area contributed by atoms with Crippen LogP contribution in [0.25, 0.3) is 17.3 Å². The number of benzene rings is 1. The van der Waals surface area contributed by atoms with E-state index in [4.69, 9.17) is 5.90 Å². The molecule has 1 aromatic carbocycles. The number of pyridine rings is 1. The first kappa shape index (κ1) is 11.5. The zero-order valence-corrected chi connectivity index (χ0v) is 9.41. The zero-order valence-electron chi connectivity index (χ0n) is 9.41. The van der Waals surface area contributed by atoms with Gasteiger partial charge < -0.3 is 4.84 Å². The number of nitrogens with two attached hydrogens (primary N) is 1. The van der Waals surface area contributed by atoms with E-state index in [9.17, 15) is 0 Å². The van der Waals surface area contributed by atoms with E-state index < -0.39 is 0 Å². The van der Waals surface area contributed by atoms with Crippen molar-refractivity contribution >= 4 is 6.08 Å². The second-order valence-electron chi connectivity index (χ2n) is 3.57. The molecular formula is C14H14N2O. The van der Waals surface area contributed by atoms with E-state index in [0.717, 1.165) is 16.8 Å². The van der Waals surface area contributed by atoms with Crippen LogP contribution in [0.1, 0.15) is 5.56 Å². The maximum Gasteiger partial charge on any atom is 0.0864 e. The zero-order chi connectivity index (χ0) is 11.9. The summed E-state index contributed by atoms with van der Waals surface area (Å²) in [5.41, 5.74) is 3.20. The van der Waals surface area contributed by atoms with Gasteiger partial charge in [0.15, 0.2) is 0 Å². The lowest BCUT2D eigenvalue weighted by Gasteiger charge is -2.00. The molecule has 17 heavy (non-hydrogen) atoms. The SMILES string of the molecule is NOC/C=C/c1ccc(-c2ccccn2)cc1.